The molecule has 1 aromatic carbocycles. The van der Waals surface area contributed by atoms with Gasteiger partial charge in [0.1, 0.15) is 17.5 Å². The number of halogens is 2. The molecule has 2 aromatic rings. The van der Waals surface area contributed by atoms with E-state index in [0.717, 1.165) is 30.7 Å². The lowest BCUT2D eigenvalue weighted by molar-refractivity contribution is 0.0771. The van der Waals surface area contributed by atoms with Crippen LogP contribution in [0, 0.1) is 25.5 Å². The van der Waals surface area contributed by atoms with E-state index in [-0.39, 0.29) is 24.0 Å². The first-order valence-electron chi connectivity index (χ1n) is 8.81. The number of rotatable bonds is 4. The number of aryl methyl sites for hydroxylation is 1. The van der Waals surface area contributed by atoms with E-state index in [1.54, 1.807) is 0 Å². The van der Waals surface area contributed by atoms with E-state index in [1.807, 2.05) is 13.8 Å². The lowest BCUT2D eigenvalue weighted by Gasteiger charge is -2.22. The van der Waals surface area contributed by atoms with E-state index in [1.165, 1.54) is 18.0 Å². The minimum Gasteiger partial charge on any atom is -0.355 e. The number of benzene rings is 1. The van der Waals surface area contributed by atoms with Crippen LogP contribution in [0.1, 0.15) is 33.9 Å². The van der Waals surface area contributed by atoms with E-state index in [9.17, 15) is 13.6 Å². The van der Waals surface area contributed by atoms with Gasteiger partial charge in [-0.2, -0.15) is 0 Å². The van der Waals surface area contributed by atoms with Gasteiger partial charge in [-0.05, 0) is 26.3 Å². The van der Waals surface area contributed by atoms with Crippen LogP contribution in [0.5, 0.6) is 0 Å². The van der Waals surface area contributed by atoms with Crippen molar-refractivity contribution < 1.29 is 13.6 Å². The van der Waals surface area contributed by atoms with Crippen LogP contribution in [0.15, 0.2) is 18.2 Å². The topological polar surface area (TPSA) is 75.4 Å². The molecule has 27 heavy (non-hydrogen) atoms. The Morgan fingerprint density at radius 2 is 2.07 bits per heavy atom. The highest BCUT2D eigenvalue weighted by atomic mass is 19.1. The summed E-state index contributed by atoms with van der Waals surface area (Å²) in [6, 6.07) is 3.38. The minimum atomic E-state index is -0.692. The molecule has 1 aromatic heterocycles. The van der Waals surface area contributed by atoms with Crippen LogP contribution < -0.4 is 10.6 Å². The maximum absolute atomic E-state index is 13.9. The molecule has 0 bridgehead atoms. The van der Waals surface area contributed by atoms with Gasteiger partial charge in [0.2, 0.25) is 5.82 Å². The van der Waals surface area contributed by atoms with Gasteiger partial charge in [0.15, 0.2) is 0 Å². The van der Waals surface area contributed by atoms with Crippen LogP contribution in [0.3, 0.4) is 0 Å². The normalized spacial score (nSPS) is 16.7. The van der Waals surface area contributed by atoms with E-state index in [0.29, 0.717) is 18.1 Å². The van der Waals surface area contributed by atoms with Crippen molar-refractivity contribution in [1.29, 1.82) is 0 Å². The van der Waals surface area contributed by atoms with Crippen molar-refractivity contribution in [3.05, 3.63) is 52.5 Å². The molecule has 0 radical (unpaired) electrons. The molecule has 1 fully saturated rings. The van der Waals surface area contributed by atoms with Crippen LogP contribution >= 0.6 is 0 Å². The Morgan fingerprint density at radius 1 is 1.33 bits per heavy atom. The smallest absolute Gasteiger partial charge is 0.291 e. The molecule has 0 saturated carbocycles. The first kappa shape index (κ1) is 19.2. The zero-order chi connectivity index (χ0) is 19.7. The van der Waals surface area contributed by atoms with Gasteiger partial charge < -0.3 is 15.5 Å². The van der Waals surface area contributed by atoms with E-state index in [2.05, 4.69) is 14.9 Å². The summed E-state index contributed by atoms with van der Waals surface area (Å²) in [5.41, 5.74) is 7.83. The van der Waals surface area contributed by atoms with Crippen molar-refractivity contribution in [3.63, 3.8) is 0 Å². The third kappa shape index (κ3) is 4.05. The number of nitrogens with two attached hydrogens (primary N) is 1. The summed E-state index contributed by atoms with van der Waals surface area (Å²) >= 11 is 0. The fourth-order valence-electron chi connectivity index (χ4n) is 3.14. The number of amides is 1. The van der Waals surface area contributed by atoms with Gasteiger partial charge in [-0.1, -0.05) is 6.07 Å². The lowest BCUT2D eigenvalue weighted by Crippen LogP contribution is -2.31. The Labute approximate surface area is 157 Å². The molecule has 6 nitrogen and oxygen atoms in total. The summed E-state index contributed by atoms with van der Waals surface area (Å²) in [6.07, 6.45) is 0.871. The zero-order valence-corrected chi connectivity index (χ0v) is 15.7. The summed E-state index contributed by atoms with van der Waals surface area (Å²) in [5.74, 6) is -1.01. The van der Waals surface area contributed by atoms with E-state index in [4.69, 9.17) is 5.73 Å². The summed E-state index contributed by atoms with van der Waals surface area (Å²) < 4.78 is 26.9. The predicted octanol–water partition coefficient (Wildman–Crippen LogP) is 2.18. The second-order valence-corrected chi connectivity index (χ2v) is 6.97. The zero-order valence-electron chi connectivity index (χ0n) is 15.7. The van der Waals surface area contributed by atoms with Crippen molar-refractivity contribution in [2.45, 2.75) is 32.9 Å². The van der Waals surface area contributed by atoms with Crippen LogP contribution in [0.25, 0.3) is 0 Å². The maximum atomic E-state index is 13.9. The van der Waals surface area contributed by atoms with Crippen molar-refractivity contribution in [2.24, 2.45) is 5.73 Å². The van der Waals surface area contributed by atoms with Crippen molar-refractivity contribution >= 4 is 11.7 Å². The average Bonchev–Trinajstić information content (AvgIpc) is 3.05. The minimum absolute atomic E-state index is 0.00878. The molecule has 2 heterocycles. The lowest BCUT2D eigenvalue weighted by atomic mass is 10.2. The number of carbonyl (C=O) groups excluding carboxylic acids is 1. The number of hydrogen-bond acceptors (Lipinski definition) is 5. The SMILES string of the molecule is Cc1nc(C(=O)N(C)Cc2ccc(F)cc2F)nc(N2CC[C@@H](N)C2)c1C. The largest absolute Gasteiger partial charge is 0.355 e. The number of aromatic nitrogens is 2. The Morgan fingerprint density at radius 3 is 2.70 bits per heavy atom. The highest BCUT2D eigenvalue weighted by Crippen LogP contribution is 2.24. The third-order valence-electron chi connectivity index (χ3n) is 4.85. The van der Waals surface area contributed by atoms with Gasteiger partial charge in [0.05, 0.1) is 0 Å². The van der Waals surface area contributed by atoms with Gasteiger partial charge in [-0.15, -0.1) is 0 Å². The molecular formula is C19H23F2N5O. The van der Waals surface area contributed by atoms with Crippen molar-refractivity contribution in [1.82, 2.24) is 14.9 Å². The maximum Gasteiger partial charge on any atom is 0.291 e. The Balaban J connectivity index is 1.84. The highest BCUT2D eigenvalue weighted by Gasteiger charge is 2.25. The molecule has 1 amide bonds. The van der Waals surface area contributed by atoms with Crippen LogP contribution in [-0.2, 0) is 6.54 Å². The van der Waals surface area contributed by atoms with E-state index >= 15 is 0 Å². The number of anilines is 1. The molecule has 0 spiro atoms. The van der Waals surface area contributed by atoms with Crippen LogP contribution in [-0.4, -0.2) is 47.0 Å². The number of carbonyl (C=O) groups is 1. The molecular weight excluding hydrogens is 352 g/mol. The fraction of sp³-hybridized carbons (Fsp3) is 0.421. The van der Waals surface area contributed by atoms with Crippen LogP contribution in [0.4, 0.5) is 14.6 Å². The molecule has 1 aliphatic heterocycles. The predicted molar refractivity (Wildman–Crippen MR) is 98.5 cm³/mol. The molecule has 2 N–H and O–H groups in total. The monoisotopic (exact) mass is 375 g/mol. The molecule has 1 aliphatic rings. The third-order valence-corrected chi connectivity index (χ3v) is 4.85. The second-order valence-electron chi connectivity index (χ2n) is 6.97. The summed E-state index contributed by atoms with van der Waals surface area (Å²) in [5, 5.41) is 0. The van der Waals surface area contributed by atoms with Gasteiger partial charge >= 0.3 is 0 Å². The van der Waals surface area contributed by atoms with Crippen molar-refractivity contribution in [2.75, 3.05) is 25.0 Å². The first-order valence-corrected chi connectivity index (χ1v) is 8.81. The van der Waals surface area contributed by atoms with Gasteiger partial charge in [-0.25, -0.2) is 18.7 Å². The van der Waals surface area contributed by atoms with Crippen molar-refractivity contribution in [3.8, 4) is 0 Å². The highest BCUT2D eigenvalue weighted by molar-refractivity contribution is 5.90. The van der Waals surface area contributed by atoms with Crippen LogP contribution in [0.2, 0.25) is 0 Å². The molecule has 144 valence electrons. The summed E-state index contributed by atoms with van der Waals surface area (Å²) in [4.78, 5) is 24.9. The molecule has 3 rings (SSSR count). The quantitative estimate of drug-likeness (QED) is 0.887. The summed E-state index contributed by atoms with van der Waals surface area (Å²) in [7, 11) is 1.54. The first-order chi connectivity index (χ1) is 12.8. The standard InChI is InChI=1S/C19H23F2N5O/c1-11-12(2)23-17(24-18(11)26-7-6-15(22)10-26)19(27)25(3)9-13-4-5-14(20)8-16(13)21/h4-5,8,15H,6-7,9-10,22H2,1-3H3/t15-/m1/s1. The second kappa shape index (κ2) is 7.56. The number of nitrogens with zero attached hydrogens (tertiary/aromatic N) is 4. The van der Waals surface area contributed by atoms with Gasteiger partial charge in [0.25, 0.3) is 5.91 Å². The Bertz CT molecular complexity index is 873. The summed E-state index contributed by atoms with van der Waals surface area (Å²) in [6.45, 7) is 5.20. The molecule has 1 saturated heterocycles. The molecule has 1 atom stereocenters. The molecule has 0 unspecified atom stereocenters. The molecule has 0 aliphatic carbocycles. The number of hydrogen-bond donors (Lipinski definition) is 1. The van der Waals surface area contributed by atoms with Gasteiger partial charge in [-0.3, -0.25) is 4.79 Å². The molecule has 8 heteroatoms. The van der Waals surface area contributed by atoms with E-state index < -0.39 is 17.5 Å². The fourth-order valence-corrected chi connectivity index (χ4v) is 3.14. The average molecular weight is 375 g/mol. The van der Waals surface area contributed by atoms with Gasteiger partial charge in [0, 0.05) is 55.6 Å². The Kier molecular flexibility index (Phi) is 5.36. The Hall–Kier alpha value is -2.61.